The molecule has 39 heavy (non-hydrogen) atoms. The molecule has 1 aliphatic rings. The van der Waals surface area contributed by atoms with Crippen LogP contribution in [0, 0.1) is 5.92 Å². The van der Waals surface area contributed by atoms with Gasteiger partial charge in [0.1, 0.15) is 16.1 Å². The van der Waals surface area contributed by atoms with E-state index in [2.05, 4.69) is 15.0 Å². The SMILES string of the molecule is CSc1ccc(NC(=O)C(=O)O[C@@H](Cc2c(Cl)c[nH+]cc2Cl)c2ccc(OC(F)F)c(OCC3CC3)c2)cc1. The van der Waals surface area contributed by atoms with Gasteiger partial charge < -0.3 is 19.5 Å². The van der Waals surface area contributed by atoms with Crippen molar-refractivity contribution in [1.29, 1.82) is 0 Å². The maximum Gasteiger partial charge on any atom is 0.397 e. The summed E-state index contributed by atoms with van der Waals surface area (Å²) in [6.07, 6.45) is 5.84. The molecule has 206 valence electrons. The number of alkyl halides is 2. The maximum absolute atomic E-state index is 13.0. The smallest absolute Gasteiger partial charge is 0.397 e. The minimum atomic E-state index is -3.06. The van der Waals surface area contributed by atoms with Crippen LogP contribution in [0.4, 0.5) is 14.5 Å². The number of rotatable bonds is 11. The van der Waals surface area contributed by atoms with Gasteiger partial charge in [0, 0.05) is 22.6 Å². The van der Waals surface area contributed by atoms with Crippen LogP contribution in [0.25, 0.3) is 0 Å². The lowest BCUT2D eigenvalue weighted by atomic mass is 10.0. The topological polar surface area (TPSA) is 88.0 Å². The molecule has 0 spiro atoms. The van der Waals surface area contributed by atoms with Gasteiger partial charge in [-0.25, -0.2) is 9.78 Å². The van der Waals surface area contributed by atoms with Gasteiger partial charge >= 0.3 is 18.5 Å². The van der Waals surface area contributed by atoms with Crippen LogP contribution < -0.4 is 19.8 Å². The predicted octanol–water partition coefficient (Wildman–Crippen LogP) is 6.39. The van der Waals surface area contributed by atoms with Gasteiger partial charge in [0.2, 0.25) is 0 Å². The number of nitrogens with one attached hydrogen (secondary N) is 2. The molecule has 1 aliphatic carbocycles. The Morgan fingerprint density at radius 3 is 2.38 bits per heavy atom. The highest BCUT2D eigenvalue weighted by molar-refractivity contribution is 7.98. The fraction of sp³-hybridized carbons (Fsp3) is 0.296. The third-order valence-corrected chi connectivity index (χ3v) is 7.31. The number of pyridine rings is 1. The summed E-state index contributed by atoms with van der Waals surface area (Å²) in [7, 11) is 0. The third kappa shape index (κ3) is 8.20. The Labute approximate surface area is 238 Å². The molecule has 3 aromatic rings. The molecule has 2 aromatic carbocycles. The fourth-order valence-corrected chi connectivity index (χ4v) is 4.59. The average molecular weight is 598 g/mol. The molecule has 2 N–H and O–H groups in total. The van der Waals surface area contributed by atoms with Gasteiger partial charge in [0.25, 0.3) is 0 Å². The van der Waals surface area contributed by atoms with E-state index in [1.807, 2.05) is 6.26 Å². The molecule has 0 unspecified atom stereocenters. The number of thioether (sulfide) groups is 1. The van der Waals surface area contributed by atoms with Gasteiger partial charge in [-0.05, 0) is 67.0 Å². The van der Waals surface area contributed by atoms with Crippen molar-refractivity contribution >= 4 is 52.5 Å². The largest absolute Gasteiger partial charge is 0.489 e. The second kappa shape index (κ2) is 13.3. The molecule has 0 radical (unpaired) electrons. The van der Waals surface area contributed by atoms with E-state index in [1.54, 1.807) is 24.3 Å². The summed E-state index contributed by atoms with van der Waals surface area (Å²) in [4.78, 5) is 29.3. The van der Waals surface area contributed by atoms with Crippen LogP contribution in [0.2, 0.25) is 10.0 Å². The number of carbonyl (C=O) groups is 2. The summed E-state index contributed by atoms with van der Waals surface area (Å²) < 4.78 is 42.0. The first-order chi connectivity index (χ1) is 18.7. The number of H-pyrrole nitrogens is 1. The number of hydrogen-bond donors (Lipinski definition) is 1. The van der Waals surface area contributed by atoms with Crippen molar-refractivity contribution in [3.8, 4) is 11.5 Å². The zero-order chi connectivity index (χ0) is 27.9. The molecule has 4 rings (SSSR count). The normalized spacial score (nSPS) is 13.6. The van der Waals surface area contributed by atoms with Crippen LogP contribution in [0.1, 0.15) is 30.1 Å². The lowest BCUT2D eigenvalue weighted by Gasteiger charge is -2.21. The van der Waals surface area contributed by atoms with Crippen molar-refractivity contribution < 1.29 is 37.6 Å². The standard InChI is InChI=1S/C27H24Cl2F2N2O5S/c1-39-18-7-5-17(6-8-18)33-25(34)26(35)37-23(11-19-20(28)12-32-13-21(19)29)16-4-9-22(38-27(30)31)24(10-16)36-14-15-2-3-15/h4-10,12-13,15,23,27H,2-3,11,14H2,1H3,(H,33,34)/p+1/t23-/m0/s1. The molecular weight excluding hydrogens is 573 g/mol. The summed E-state index contributed by atoms with van der Waals surface area (Å²) in [5.41, 5.74) is 1.24. The first-order valence-electron chi connectivity index (χ1n) is 11.9. The summed E-state index contributed by atoms with van der Waals surface area (Å²) in [5.74, 6) is -1.89. The second-order valence-corrected chi connectivity index (χ2v) is 10.4. The number of aromatic amines is 1. The van der Waals surface area contributed by atoms with E-state index in [1.165, 1.54) is 42.4 Å². The molecule has 12 heteroatoms. The van der Waals surface area contributed by atoms with Crippen LogP contribution in [-0.4, -0.2) is 31.4 Å². The van der Waals surface area contributed by atoms with Crippen molar-refractivity contribution in [2.45, 2.75) is 36.9 Å². The van der Waals surface area contributed by atoms with Crippen LogP contribution in [0.15, 0.2) is 59.8 Å². The Balaban J connectivity index is 1.60. The molecule has 7 nitrogen and oxygen atoms in total. The number of aromatic nitrogens is 1. The van der Waals surface area contributed by atoms with Crippen LogP contribution in [-0.2, 0) is 20.7 Å². The Hall–Kier alpha value is -3.08. The van der Waals surface area contributed by atoms with E-state index in [-0.39, 0.29) is 28.0 Å². The van der Waals surface area contributed by atoms with Gasteiger partial charge in [0.05, 0.1) is 6.61 Å². The van der Waals surface area contributed by atoms with Crippen molar-refractivity contribution in [1.82, 2.24) is 0 Å². The number of benzene rings is 2. The summed E-state index contributed by atoms with van der Waals surface area (Å²) in [6.45, 7) is -2.73. The van der Waals surface area contributed by atoms with Gasteiger partial charge in [-0.1, -0.05) is 29.3 Å². The fourth-order valence-electron chi connectivity index (χ4n) is 3.65. The first-order valence-corrected chi connectivity index (χ1v) is 13.9. The number of carbonyl (C=O) groups excluding carboxylic acids is 2. The number of halogens is 4. The van der Waals surface area contributed by atoms with Crippen LogP contribution >= 0.6 is 35.0 Å². The molecule has 1 aromatic heterocycles. The van der Waals surface area contributed by atoms with E-state index in [4.69, 9.17) is 32.7 Å². The number of anilines is 1. The highest BCUT2D eigenvalue weighted by Crippen LogP contribution is 2.37. The highest BCUT2D eigenvalue weighted by atomic mass is 35.5. The first kappa shape index (κ1) is 28.9. The Kier molecular flexibility index (Phi) is 9.88. The molecule has 1 saturated carbocycles. The zero-order valence-corrected chi connectivity index (χ0v) is 23.0. The van der Waals surface area contributed by atoms with E-state index < -0.39 is 24.6 Å². The summed E-state index contributed by atoms with van der Waals surface area (Å²) >= 11 is 14.2. The van der Waals surface area contributed by atoms with E-state index >= 15 is 0 Å². The van der Waals surface area contributed by atoms with Crippen molar-refractivity contribution in [3.05, 3.63) is 76.0 Å². The Morgan fingerprint density at radius 1 is 1.08 bits per heavy atom. The maximum atomic E-state index is 13.0. The number of esters is 1. The lowest BCUT2D eigenvalue weighted by Crippen LogP contribution is -2.27. The number of hydrogen-bond acceptors (Lipinski definition) is 6. The van der Waals surface area contributed by atoms with E-state index in [9.17, 15) is 18.4 Å². The molecule has 0 aliphatic heterocycles. The third-order valence-electron chi connectivity index (χ3n) is 5.90. The van der Waals surface area contributed by atoms with Crippen LogP contribution in [0.3, 0.4) is 0 Å². The number of ether oxygens (including phenoxy) is 3. The molecule has 0 bridgehead atoms. The van der Waals surface area contributed by atoms with Gasteiger partial charge in [-0.15, -0.1) is 11.8 Å². The molecular formula is C27H25Cl2F2N2O5S+. The minimum Gasteiger partial charge on any atom is -0.489 e. The number of amides is 1. The van der Waals surface area contributed by atoms with Gasteiger partial charge in [0.15, 0.2) is 23.9 Å². The quantitative estimate of drug-likeness (QED) is 0.157. The molecule has 0 saturated heterocycles. The van der Waals surface area contributed by atoms with Crippen molar-refractivity contribution in [3.63, 3.8) is 0 Å². The van der Waals surface area contributed by atoms with Crippen molar-refractivity contribution in [2.24, 2.45) is 5.92 Å². The zero-order valence-electron chi connectivity index (χ0n) is 20.7. The van der Waals surface area contributed by atoms with E-state index in [0.29, 0.717) is 29.3 Å². The predicted molar refractivity (Wildman–Crippen MR) is 144 cm³/mol. The molecule has 1 fully saturated rings. The lowest BCUT2D eigenvalue weighted by molar-refractivity contribution is -0.377. The molecule has 1 atom stereocenters. The second-order valence-electron chi connectivity index (χ2n) is 8.75. The molecule has 1 heterocycles. The summed E-state index contributed by atoms with van der Waals surface area (Å²) in [6, 6.07) is 11.1. The van der Waals surface area contributed by atoms with E-state index in [0.717, 1.165) is 17.7 Å². The van der Waals surface area contributed by atoms with Crippen molar-refractivity contribution in [2.75, 3.05) is 18.2 Å². The Morgan fingerprint density at radius 2 is 1.77 bits per heavy atom. The highest BCUT2D eigenvalue weighted by Gasteiger charge is 2.28. The van der Waals surface area contributed by atoms with Gasteiger partial charge in [-0.2, -0.15) is 8.78 Å². The molecule has 1 amide bonds. The summed E-state index contributed by atoms with van der Waals surface area (Å²) in [5, 5.41) is 3.07. The van der Waals surface area contributed by atoms with Crippen LogP contribution in [0.5, 0.6) is 11.5 Å². The Bertz CT molecular complexity index is 1310. The minimum absolute atomic E-state index is 0.00902. The average Bonchev–Trinajstić information content (AvgIpc) is 3.74. The van der Waals surface area contributed by atoms with Gasteiger partial charge in [-0.3, -0.25) is 4.79 Å². The monoisotopic (exact) mass is 597 g/mol.